The molecule has 1 saturated heterocycles. The molecule has 0 aromatic heterocycles. The van der Waals surface area contributed by atoms with Gasteiger partial charge in [-0.05, 0) is 30.7 Å². The summed E-state index contributed by atoms with van der Waals surface area (Å²) >= 11 is 0. The molecular formula is C12H11FN2O. The number of hydrogen-bond acceptors (Lipinski definition) is 2. The van der Waals surface area contributed by atoms with Gasteiger partial charge in [0.25, 0.3) is 0 Å². The number of anilines is 1. The van der Waals surface area contributed by atoms with Crippen molar-refractivity contribution in [2.75, 3.05) is 4.90 Å². The Hall–Kier alpha value is -1.89. The van der Waals surface area contributed by atoms with E-state index in [0.29, 0.717) is 24.9 Å². The molecule has 4 heteroatoms. The van der Waals surface area contributed by atoms with Crippen LogP contribution in [0.1, 0.15) is 19.3 Å². The lowest BCUT2D eigenvalue weighted by Crippen LogP contribution is -2.32. The third-order valence-corrected chi connectivity index (χ3v) is 2.76. The number of rotatable bonds is 2. The monoisotopic (exact) mass is 218 g/mol. The van der Waals surface area contributed by atoms with Crippen molar-refractivity contribution < 1.29 is 9.18 Å². The Morgan fingerprint density at radius 1 is 1.44 bits per heavy atom. The standard InChI is InChI=1S/C12H11FN2O/c13-9-1-3-10(4-2-9)15-11(7-8-14)5-6-12(15)16/h1-4,11H,5-7H2. The molecule has 0 aliphatic carbocycles. The van der Waals surface area contributed by atoms with Gasteiger partial charge in [0, 0.05) is 12.1 Å². The molecule has 1 aliphatic rings. The first kappa shape index (κ1) is 10.6. The minimum absolute atomic E-state index is 0.00635. The van der Waals surface area contributed by atoms with Crippen molar-refractivity contribution in [2.24, 2.45) is 0 Å². The SMILES string of the molecule is N#CCC1CCC(=O)N1c1ccc(F)cc1. The summed E-state index contributed by atoms with van der Waals surface area (Å²) in [6.07, 6.45) is 1.48. The molecule has 16 heavy (non-hydrogen) atoms. The number of amides is 1. The zero-order valence-electron chi connectivity index (χ0n) is 8.69. The van der Waals surface area contributed by atoms with E-state index in [9.17, 15) is 9.18 Å². The van der Waals surface area contributed by atoms with Crippen LogP contribution in [0.5, 0.6) is 0 Å². The van der Waals surface area contributed by atoms with Crippen LogP contribution in [0, 0.1) is 17.1 Å². The van der Waals surface area contributed by atoms with Crippen LogP contribution in [-0.4, -0.2) is 11.9 Å². The fraction of sp³-hybridized carbons (Fsp3) is 0.333. The highest BCUT2D eigenvalue weighted by Gasteiger charge is 2.31. The summed E-state index contributed by atoms with van der Waals surface area (Å²) in [5.74, 6) is -0.320. The second-order valence-electron chi connectivity index (χ2n) is 3.79. The Labute approximate surface area is 93.1 Å². The van der Waals surface area contributed by atoms with Gasteiger partial charge in [-0.2, -0.15) is 5.26 Å². The molecule has 1 amide bonds. The zero-order chi connectivity index (χ0) is 11.5. The molecule has 0 bridgehead atoms. The molecule has 1 unspecified atom stereocenters. The topological polar surface area (TPSA) is 44.1 Å². The maximum absolute atomic E-state index is 12.8. The molecule has 0 saturated carbocycles. The first-order valence-electron chi connectivity index (χ1n) is 5.17. The van der Waals surface area contributed by atoms with Crippen molar-refractivity contribution in [1.82, 2.24) is 0 Å². The van der Waals surface area contributed by atoms with E-state index in [4.69, 9.17) is 5.26 Å². The largest absolute Gasteiger partial charge is 0.308 e. The van der Waals surface area contributed by atoms with Gasteiger partial charge in [-0.3, -0.25) is 4.79 Å². The Balaban J connectivity index is 2.27. The summed E-state index contributed by atoms with van der Waals surface area (Å²) in [7, 11) is 0. The quantitative estimate of drug-likeness (QED) is 0.764. The lowest BCUT2D eigenvalue weighted by Gasteiger charge is -2.22. The predicted octanol–water partition coefficient (Wildman–Crippen LogP) is 2.23. The summed E-state index contributed by atoms with van der Waals surface area (Å²) in [4.78, 5) is 13.3. The van der Waals surface area contributed by atoms with E-state index in [0.717, 1.165) is 0 Å². The molecule has 2 rings (SSSR count). The normalized spacial score (nSPS) is 19.9. The molecule has 1 aromatic rings. The van der Waals surface area contributed by atoms with Crippen molar-refractivity contribution in [3.63, 3.8) is 0 Å². The highest BCUT2D eigenvalue weighted by atomic mass is 19.1. The van der Waals surface area contributed by atoms with Gasteiger partial charge >= 0.3 is 0 Å². The van der Waals surface area contributed by atoms with E-state index < -0.39 is 0 Å². The fourth-order valence-electron chi connectivity index (χ4n) is 2.00. The highest BCUT2D eigenvalue weighted by molar-refractivity contribution is 5.96. The van der Waals surface area contributed by atoms with Gasteiger partial charge in [0.15, 0.2) is 0 Å². The number of carbonyl (C=O) groups is 1. The Kier molecular flexibility index (Phi) is 2.86. The Bertz CT molecular complexity index is 435. The van der Waals surface area contributed by atoms with E-state index >= 15 is 0 Å². The number of halogens is 1. The summed E-state index contributed by atoms with van der Waals surface area (Å²) < 4.78 is 12.8. The Morgan fingerprint density at radius 3 is 2.75 bits per heavy atom. The molecular weight excluding hydrogens is 207 g/mol. The lowest BCUT2D eigenvalue weighted by atomic mass is 10.1. The van der Waals surface area contributed by atoms with Crippen LogP contribution in [0.3, 0.4) is 0 Å². The van der Waals surface area contributed by atoms with Gasteiger partial charge < -0.3 is 4.90 Å². The molecule has 3 nitrogen and oxygen atoms in total. The van der Waals surface area contributed by atoms with Crippen molar-refractivity contribution in [3.05, 3.63) is 30.1 Å². The first-order valence-corrected chi connectivity index (χ1v) is 5.17. The van der Waals surface area contributed by atoms with Crippen LogP contribution >= 0.6 is 0 Å². The van der Waals surface area contributed by atoms with E-state index in [1.165, 1.54) is 12.1 Å². The molecule has 1 aromatic carbocycles. The summed E-state index contributed by atoms with van der Waals surface area (Å²) in [6.45, 7) is 0. The van der Waals surface area contributed by atoms with Crippen molar-refractivity contribution >= 4 is 11.6 Å². The van der Waals surface area contributed by atoms with E-state index in [2.05, 4.69) is 6.07 Å². The molecule has 0 radical (unpaired) electrons. The molecule has 0 spiro atoms. The van der Waals surface area contributed by atoms with Crippen LogP contribution in [0.2, 0.25) is 0 Å². The van der Waals surface area contributed by atoms with Crippen LogP contribution in [-0.2, 0) is 4.79 Å². The summed E-state index contributed by atoms with van der Waals surface area (Å²) in [5.41, 5.74) is 0.671. The number of hydrogen-bond donors (Lipinski definition) is 0. The lowest BCUT2D eigenvalue weighted by molar-refractivity contribution is -0.117. The predicted molar refractivity (Wildman–Crippen MR) is 57.1 cm³/mol. The summed E-state index contributed by atoms with van der Waals surface area (Å²) in [5, 5.41) is 8.67. The van der Waals surface area contributed by atoms with Gasteiger partial charge in [0.2, 0.25) is 5.91 Å². The van der Waals surface area contributed by atoms with Crippen LogP contribution in [0.15, 0.2) is 24.3 Å². The van der Waals surface area contributed by atoms with Gasteiger partial charge in [0.05, 0.1) is 18.5 Å². The summed E-state index contributed by atoms with van der Waals surface area (Å²) in [6, 6.07) is 7.80. The van der Waals surface area contributed by atoms with Gasteiger partial charge in [-0.15, -0.1) is 0 Å². The van der Waals surface area contributed by atoms with Gasteiger partial charge in [-0.25, -0.2) is 4.39 Å². The molecule has 1 atom stereocenters. The van der Waals surface area contributed by atoms with Crippen LogP contribution < -0.4 is 4.90 Å². The first-order chi connectivity index (χ1) is 7.72. The second kappa shape index (κ2) is 4.31. The van der Waals surface area contributed by atoms with Gasteiger partial charge in [0.1, 0.15) is 5.82 Å². The van der Waals surface area contributed by atoms with Crippen molar-refractivity contribution in [2.45, 2.75) is 25.3 Å². The smallest absolute Gasteiger partial charge is 0.227 e. The number of nitriles is 1. The number of nitrogens with zero attached hydrogens (tertiary/aromatic N) is 2. The Morgan fingerprint density at radius 2 is 2.12 bits per heavy atom. The molecule has 1 heterocycles. The minimum atomic E-state index is -0.327. The fourth-order valence-corrected chi connectivity index (χ4v) is 2.00. The number of benzene rings is 1. The van der Waals surface area contributed by atoms with E-state index in [-0.39, 0.29) is 17.8 Å². The highest BCUT2D eigenvalue weighted by Crippen LogP contribution is 2.28. The third-order valence-electron chi connectivity index (χ3n) is 2.76. The van der Waals surface area contributed by atoms with Gasteiger partial charge in [-0.1, -0.05) is 0 Å². The molecule has 82 valence electrons. The third kappa shape index (κ3) is 1.89. The van der Waals surface area contributed by atoms with Crippen LogP contribution in [0.25, 0.3) is 0 Å². The molecule has 1 fully saturated rings. The number of carbonyl (C=O) groups excluding carboxylic acids is 1. The maximum Gasteiger partial charge on any atom is 0.227 e. The maximum atomic E-state index is 12.8. The van der Waals surface area contributed by atoms with Crippen LogP contribution in [0.4, 0.5) is 10.1 Å². The zero-order valence-corrected chi connectivity index (χ0v) is 8.69. The molecule has 1 aliphatic heterocycles. The average Bonchev–Trinajstić information content (AvgIpc) is 2.62. The minimum Gasteiger partial charge on any atom is -0.308 e. The second-order valence-corrected chi connectivity index (χ2v) is 3.79. The van der Waals surface area contributed by atoms with Crippen molar-refractivity contribution in [3.8, 4) is 6.07 Å². The molecule has 0 N–H and O–H groups in total. The average molecular weight is 218 g/mol. The van der Waals surface area contributed by atoms with E-state index in [1.54, 1.807) is 17.0 Å². The van der Waals surface area contributed by atoms with Crippen molar-refractivity contribution in [1.29, 1.82) is 5.26 Å². The van der Waals surface area contributed by atoms with E-state index in [1.807, 2.05) is 0 Å².